The van der Waals surface area contributed by atoms with E-state index in [1.54, 1.807) is 0 Å². The highest BCUT2D eigenvalue weighted by atomic mass is 16.5. The Bertz CT molecular complexity index is 187. The molecule has 88 valence electrons. The molecule has 0 aromatic heterocycles. The van der Waals surface area contributed by atoms with E-state index >= 15 is 0 Å². The van der Waals surface area contributed by atoms with Gasteiger partial charge < -0.3 is 9.64 Å². The third kappa shape index (κ3) is 9.54. The molecule has 0 N–H and O–H groups in total. The zero-order chi connectivity index (χ0) is 11.7. The van der Waals surface area contributed by atoms with Crippen LogP contribution in [-0.2, 0) is 4.74 Å². The van der Waals surface area contributed by atoms with Gasteiger partial charge in [0.1, 0.15) is 0 Å². The van der Waals surface area contributed by atoms with Gasteiger partial charge in [-0.3, -0.25) is 0 Å². The van der Waals surface area contributed by atoms with Gasteiger partial charge in [-0.15, -0.1) is 0 Å². The molecule has 0 saturated carbocycles. The van der Waals surface area contributed by atoms with Crippen LogP contribution < -0.4 is 0 Å². The molecular weight excluding hydrogens is 186 g/mol. The van der Waals surface area contributed by atoms with Crippen LogP contribution in [-0.4, -0.2) is 25.0 Å². The van der Waals surface area contributed by atoms with Gasteiger partial charge in [0.2, 0.25) is 0 Å². The second kappa shape index (κ2) is 8.54. The molecule has 0 spiro atoms. The molecule has 0 unspecified atom stereocenters. The van der Waals surface area contributed by atoms with Crippen LogP contribution in [0.1, 0.15) is 33.1 Å². The molecule has 0 aliphatic heterocycles. The summed E-state index contributed by atoms with van der Waals surface area (Å²) in [6.45, 7) is 14.1. The first-order valence-corrected chi connectivity index (χ1v) is 5.70. The highest BCUT2D eigenvalue weighted by Crippen LogP contribution is 2.06. The van der Waals surface area contributed by atoms with Crippen molar-refractivity contribution < 1.29 is 4.74 Å². The maximum absolute atomic E-state index is 5.07. The minimum atomic E-state index is 0.784. The third-order valence-electron chi connectivity index (χ3n) is 2.33. The summed E-state index contributed by atoms with van der Waals surface area (Å²) >= 11 is 0. The summed E-state index contributed by atoms with van der Waals surface area (Å²) in [4.78, 5) is 2.36. The van der Waals surface area contributed by atoms with Crippen molar-refractivity contribution in [3.05, 3.63) is 25.2 Å². The maximum Gasteiger partial charge on any atom is 0.0960 e. The summed E-state index contributed by atoms with van der Waals surface area (Å²) in [7, 11) is 2.17. The van der Waals surface area contributed by atoms with Crippen molar-refractivity contribution in [2.45, 2.75) is 33.1 Å². The largest absolute Gasteiger partial charge is 0.471 e. The lowest BCUT2D eigenvalue weighted by Crippen LogP contribution is -2.22. The quantitative estimate of drug-likeness (QED) is 0.542. The molecule has 15 heavy (non-hydrogen) atoms. The Morgan fingerprint density at radius 2 is 2.07 bits per heavy atom. The normalized spacial score (nSPS) is 10.7. The van der Waals surface area contributed by atoms with E-state index in [0.29, 0.717) is 0 Å². The van der Waals surface area contributed by atoms with Gasteiger partial charge in [-0.25, -0.2) is 0 Å². The Balaban J connectivity index is 3.41. The molecule has 0 fully saturated rings. The monoisotopic (exact) mass is 211 g/mol. The highest BCUT2D eigenvalue weighted by molar-refractivity contribution is 4.84. The standard InChI is InChI=1S/C13H25NO/c1-6-15-13(4)8-7-10-14(5)11-9-12(2)3/h6,12H,1,4,7-11H2,2-3,5H3. The smallest absolute Gasteiger partial charge is 0.0960 e. The molecule has 0 aromatic carbocycles. The van der Waals surface area contributed by atoms with Gasteiger partial charge in [0.05, 0.1) is 12.0 Å². The molecule has 0 bridgehead atoms. The lowest BCUT2D eigenvalue weighted by atomic mass is 10.1. The fraction of sp³-hybridized carbons (Fsp3) is 0.692. The van der Waals surface area contributed by atoms with Gasteiger partial charge in [0.25, 0.3) is 0 Å². The average Bonchev–Trinajstić information content (AvgIpc) is 2.15. The number of hydrogen-bond acceptors (Lipinski definition) is 2. The SMILES string of the molecule is C=COC(=C)CCCN(C)CCC(C)C. The van der Waals surface area contributed by atoms with Gasteiger partial charge in [0, 0.05) is 6.42 Å². The van der Waals surface area contributed by atoms with Crippen molar-refractivity contribution in [2.24, 2.45) is 5.92 Å². The molecule has 2 nitrogen and oxygen atoms in total. The Labute approximate surface area is 94.6 Å². The van der Waals surface area contributed by atoms with Crippen LogP contribution in [0.5, 0.6) is 0 Å². The van der Waals surface area contributed by atoms with Crippen molar-refractivity contribution in [1.29, 1.82) is 0 Å². The molecule has 2 heteroatoms. The molecule has 0 rings (SSSR count). The van der Waals surface area contributed by atoms with E-state index in [9.17, 15) is 0 Å². The lowest BCUT2D eigenvalue weighted by molar-refractivity contribution is 0.288. The first-order valence-electron chi connectivity index (χ1n) is 5.70. The van der Waals surface area contributed by atoms with Crippen molar-refractivity contribution in [3.63, 3.8) is 0 Å². The Kier molecular flexibility index (Phi) is 8.11. The van der Waals surface area contributed by atoms with Crippen LogP contribution in [0.3, 0.4) is 0 Å². The predicted molar refractivity (Wildman–Crippen MR) is 66.6 cm³/mol. The Morgan fingerprint density at radius 3 is 2.60 bits per heavy atom. The molecule has 0 atom stereocenters. The summed E-state index contributed by atoms with van der Waals surface area (Å²) in [6, 6.07) is 0. The number of rotatable bonds is 9. The molecular formula is C13H25NO. The van der Waals surface area contributed by atoms with E-state index < -0.39 is 0 Å². The van der Waals surface area contributed by atoms with E-state index in [1.807, 2.05) is 0 Å². The van der Waals surface area contributed by atoms with E-state index in [4.69, 9.17) is 4.74 Å². The van der Waals surface area contributed by atoms with E-state index in [2.05, 4.69) is 39.0 Å². The molecule has 0 aliphatic rings. The maximum atomic E-state index is 5.07. The number of hydrogen-bond donors (Lipinski definition) is 0. The molecule has 0 heterocycles. The van der Waals surface area contributed by atoms with Gasteiger partial charge in [-0.05, 0) is 38.9 Å². The average molecular weight is 211 g/mol. The number of allylic oxidation sites excluding steroid dienone is 1. The van der Waals surface area contributed by atoms with Crippen LogP contribution in [0.2, 0.25) is 0 Å². The van der Waals surface area contributed by atoms with Gasteiger partial charge >= 0.3 is 0 Å². The number of ether oxygens (including phenoxy) is 1. The third-order valence-corrected chi connectivity index (χ3v) is 2.33. The minimum absolute atomic E-state index is 0.784. The van der Waals surface area contributed by atoms with Crippen LogP contribution in [0, 0.1) is 5.92 Å². The van der Waals surface area contributed by atoms with Crippen LogP contribution in [0.4, 0.5) is 0 Å². The topological polar surface area (TPSA) is 12.5 Å². The zero-order valence-corrected chi connectivity index (χ0v) is 10.5. The first-order chi connectivity index (χ1) is 7.06. The zero-order valence-electron chi connectivity index (χ0n) is 10.5. The molecule has 0 aromatic rings. The van der Waals surface area contributed by atoms with E-state index in [0.717, 1.165) is 31.1 Å². The van der Waals surface area contributed by atoms with Crippen molar-refractivity contribution in [1.82, 2.24) is 4.90 Å². The first kappa shape index (κ1) is 14.2. The van der Waals surface area contributed by atoms with Crippen LogP contribution in [0.15, 0.2) is 25.2 Å². The fourth-order valence-electron chi connectivity index (χ4n) is 1.31. The summed E-state index contributed by atoms with van der Waals surface area (Å²) in [5, 5.41) is 0. The lowest BCUT2D eigenvalue weighted by Gasteiger charge is -2.17. The van der Waals surface area contributed by atoms with E-state index in [-0.39, 0.29) is 0 Å². The minimum Gasteiger partial charge on any atom is -0.471 e. The van der Waals surface area contributed by atoms with Gasteiger partial charge in [-0.1, -0.05) is 27.0 Å². The second-order valence-electron chi connectivity index (χ2n) is 4.41. The van der Waals surface area contributed by atoms with Crippen LogP contribution in [0.25, 0.3) is 0 Å². The number of nitrogens with zero attached hydrogens (tertiary/aromatic N) is 1. The van der Waals surface area contributed by atoms with Crippen molar-refractivity contribution in [3.8, 4) is 0 Å². The predicted octanol–water partition coefficient (Wildman–Crippen LogP) is 3.42. The van der Waals surface area contributed by atoms with Crippen molar-refractivity contribution >= 4 is 0 Å². The van der Waals surface area contributed by atoms with Crippen LogP contribution >= 0.6 is 0 Å². The molecule has 0 radical (unpaired) electrons. The molecule has 0 amide bonds. The summed E-state index contributed by atoms with van der Waals surface area (Å²) < 4.78 is 5.07. The summed E-state index contributed by atoms with van der Waals surface area (Å²) in [5.41, 5.74) is 0. The Morgan fingerprint density at radius 1 is 1.40 bits per heavy atom. The highest BCUT2D eigenvalue weighted by Gasteiger charge is 2.01. The van der Waals surface area contributed by atoms with Gasteiger partial charge in [-0.2, -0.15) is 0 Å². The van der Waals surface area contributed by atoms with E-state index in [1.165, 1.54) is 19.2 Å². The fourth-order valence-corrected chi connectivity index (χ4v) is 1.31. The molecule has 0 saturated heterocycles. The second-order valence-corrected chi connectivity index (χ2v) is 4.41. The van der Waals surface area contributed by atoms with Gasteiger partial charge in [0.15, 0.2) is 0 Å². The molecule has 0 aliphatic carbocycles. The van der Waals surface area contributed by atoms with Crippen molar-refractivity contribution in [2.75, 3.05) is 20.1 Å². The Hall–Kier alpha value is -0.760. The summed E-state index contributed by atoms with van der Waals surface area (Å²) in [6.07, 6.45) is 4.71. The summed E-state index contributed by atoms with van der Waals surface area (Å²) in [5.74, 6) is 1.59.